The molecule has 0 radical (unpaired) electrons. The number of ether oxygens (including phenoxy) is 1. The first-order chi connectivity index (χ1) is 11.1. The van der Waals surface area contributed by atoms with Crippen molar-refractivity contribution in [2.24, 2.45) is 0 Å². The van der Waals surface area contributed by atoms with E-state index in [2.05, 4.69) is 34.2 Å². The summed E-state index contributed by atoms with van der Waals surface area (Å²) >= 11 is 4.94. The summed E-state index contributed by atoms with van der Waals surface area (Å²) in [6.45, 7) is 2.66. The Hall–Kier alpha value is -1.46. The predicted molar refractivity (Wildman–Crippen MR) is 99.3 cm³/mol. The topological polar surface area (TPSA) is 38.3 Å². The van der Waals surface area contributed by atoms with Crippen molar-refractivity contribution in [3.8, 4) is 5.75 Å². The molecule has 1 amide bonds. The number of thioether (sulfide) groups is 1. The maximum absolute atomic E-state index is 11.9. The first-order valence-electron chi connectivity index (χ1n) is 7.37. The number of methoxy groups -OCH3 is 1. The van der Waals surface area contributed by atoms with Crippen LogP contribution in [0.1, 0.15) is 11.1 Å². The molecule has 0 heterocycles. The zero-order chi connectivity index (χ0) is 16.7. The van der Waals surface area contributed by atoms with Crippen LogP contribution in [0.3, 0.4) is 0 Å². The predicted octanol–water partition coefficient (Wildman–Crippen LogP) is 4.22. The molecule has 23 heavy (non-hydrogen) atoms. The minimum absolute atomic E-state index is 0.0459. The quantitative estimate of drug-likeness (QED) is 0.715. The number of carbonyl (C=O) groups excluding carboxylic acids is 1. The number of rotatable bonds is 7. The molecule has 0 aliphatic carbocycles. The van der Waals surface area contributed by atoms with E-state index in [-0.39, 0.29) is 5.91 Å². The molecule has 5 heteroatoms. The summed E-state index contributed by atoms with van der Waals surface area (Å²) in [6.07, 6.45) is 0.763. The third-order valence-corrected chi connectivity index (χ3v) is 4.88. The average molecular weight is 394 g/mol. The van der Waals surface area contributed by atoms with E-state index in [0.717, 1.165) is 27.1 Å². The molecular formula is C18H20BrNO2S. The highest BCUT2D eigenvalue weighted by atomic mass is 79.9. The lowest BCUT2D eigenvalue weighted by atomic mass is 10.1. The molecule has 0 saturated carbocycles. The van der Waals surface area contributed by atoms with Crippen LogP contribution in [0.5, 0.6) is 5.75 Å². The largest absolute Gasteiger partial charge is 0.496 e. The molecular weight excluding hydrogens is 374 g/mol. The van der Waals surface area contributed by atoms with E-state index in [4.69, 9.17) is 4.74 Å². The van der Waals surface area contributed by atoms with Crippen LogP contribution in [0.25, 0.3) is 0 Å². The lowest BCUT2D eigenvalue weighted by Gasteiger charge is -2.10. The summed E-state index contributed by atoms with van der Waals surface area (Å²) in [5.74, 6) is 1.34. The Labute approximate surface area is 149 Å². The van der Waals surface area contributed by atoms with Crippen LogP contribution in [-0.2, 0) is 11.2 Å². The fourth-order valence-corrected chi connectivity index (χ4v) is 3.16. The van der Waals surface area contributed by atoms with Gasteiger partial charge in [0, 0.05) is 15.9 Å². The summed E-state index contributed by atoms with van der Waals surface area (Å²) in [7, 11) is 1.67. The van der Waals surface area contributed by atoms with E-state index in [1.807, 2.05) is 36.4 Å². The minimum atomic E-state index is 0.0459. The molecule has 3 nitrogen and oxygen atoms in total. The molecule has 122 valence electrons. The number of amides is 1. The van der Waals surface area contributed by atoms with Gasteiger partial charge < -0.3 is 10.1 Å². The Kier molecular flexibility index (Phi) is 6.99. The Morgan fingerprint density at radius 3 is 2.65 bits per heavy atom. The number of hydrogen-bond donors (Lipinski definition) is 1. The van der Waals surface area contributed by atoms with Gasteiger partial charge >= 0.3 is 0 Å². The fraction of sp³-hybridized carbons (Fsp3) is 0.278. The van der Waals surface area contributed by atoms with Crippen molar-refractivity contribution in [3.05, 3.63) is 58.1 Å². The summed E-state index contributed by atoms with van der Waals surface area (Å²) in [4.78, 5) is 13.0. The van der Waals surface area contributed by atoms with Crippen molar-refractivity contribution < 1.29 is 9.53 Å². The van der Waals surface area contributed by atoms with E-state index in [1.54, 1.807) is 7.11 Å². The van der Waals surface area contributed by atoms with E-state index < -0.39 is 0 Å². The zero-order valence-corrected chi connectivity index (χ0v) is 15.7. The number of carbonyl (C=O) groups is 1. The van der Waals surface area contributed by atoms with Gasteiger partial charge in [-0.1, -0.05) is 33.6 Å². The summed E-state index contributed by atoms with van der Waals surface area (Å²) in [5, 5.41) is 2.96. The Morgan fingerprint density at radius 1 is 1.22 bits per heavy atom. The standard InChI is InChI=1S/C18H20BrNO2S/c1-13-3-8-17(22-2)14(11-13)9-10-20-18(21)12-23-16-6-4-15(19)5-7-16/h3-8,11H,9-10,12H2,1-2H3,(H,20,21). The van der Waals surface area contributed by atoms with Crippen LogP contribution < -0.4 is 10.1 Å². The highest BCUT2D eigenvalue weighted by Crippen LogP contribution is 2.21. The molecule has 2 aromatic rings. The maximum atomic E-state index is 11.9. The van der Waals surface area contributed by atoms with Crippen LogP contribution in [0.15, 0.2) is 51.8 Å². The molecule has 0 spiro atoms. The number of benzene rings is 2. The Bertz CT molecular complexity index is 659. The SMILES string of the molecule is COc1ccc(C)cc1CCNC(=O)CSc1ccc(Br)cc1. The van der Waals surface area contributed by atoms with Crippen LogP contribution in [-0.4, -0.2) is 25.3 Å². The van der Waals surface area contributed by atoms with Gasteiger partial charge in [-0.15, -0.1) is 11.8 Å². The molecule has 0 aromatic heterocycles. The number of nitrogens with one attached hydrogen (secondary N) is 1. The molecule has 0 atom stereocenters. The van der Waals surface area contributed by atoms with E-state index >= 15 is 0 Å². The van der Waals surface area contributed by atoms with Crippen LogP contribution in [0.2, 0.25) is 0 Å². The number of aryl methyl sites for hydroxylation is 1. The second-order valence-corrected chi connectivity index (χ2v) is 7.12. The van der Waals surface area contributed by atoms with Gasteiger partial charge in [-0.25, -0.2) is 0 Å². The molecule has 0 saturated heterocycles. The molecule has 0 aliphatic heterocycles. The molecule has 2 rings (SSSR count). The second-order valence-electron chi connectivity index (χ2n) is 5.16. The van der Waals surface area contributed by atoms with Crippen molar-refractivity contribution >= 4 is 33.6 Å². The van der Waals surface area contributed by atoms with E-state index in [1.165, 1.54) is 17.3 Å². The molecule has 0 bridgehead atoms. The van der Waals surface area contributed by atoms with Crippen molar-refractivity contribution in [2.75, 3.05) is 19.4 Å². The highest BCUT2D eigenvalue weighted by Gasteiger charge is 2.06. The number of halogens is 1. The van der Waals surface area contributed by atoms with Crippen LogP contribution in [0, 0.1) is 6.92 Å². The fourth-order valence-electron chi connectivity index (χ4n) is 2.17. The third-order valence-electron chi connectivity index (χ3n) is 3.34. The van der Waals surface area contributed by atoms with Crippen molar-refractivity contribution in [1.29, 1.82) is 0 Å². The third kappa shape index (κ3) is 5.92. The lowest BCUT2D eigenvalue weighted by Crippen LogP contribution is -2.27. The van der Waals surface area contributed by atoms with Crippen LogP contribution in [0.4, 0.5) is 0 Å². The van der Waals surface area contributed by atoms with Crippen LogP contribution >= 0.6 is 27.7 Å². The van der Waals surface area contributed by atoms with Gasteiger partial charge in [-0.05, 0) is 49.2 Å². The van der Waals surface area contributed by atoms with E-state index in [9.17, 15) is 4.79 Å². The van der Waals surface area contributed by atoms with Gasteiger partial charge in [0.25, 0.3) is 0 Å². The van der Waals surface area contributed by atoms with Gasteiger partial charge in [0.2, 0.25) is 5.91 Å². The molecule has 1 N–H and O–H groups in total. The average Bonchev–Trinajstić information content (AvgIpc) is 2.54. The first kappa shape index (κ1) is 17.9. The van der Waals surface area contributed by atoms with Gasteiger partial charge in [0.15, 0.2) is 0 Å². The van der Waals surface area contributed by atoms with Gasteiger partial charge in [0.05, 0.1) is 12.9 Å². The minimum Gasteiger partial charge on any atom is -0.496 e. The second kappa shape index (κ2) is 8.99. The zero-order valence-electron chi connectivity index (χ0n) is 13.3. The summed E-state index contributed by atoms with van der Waals surface area (Å²) in [6, 6.07) is 14.0. The summed E-state index contributed by atoms with van der Waals surface area (Å²) < 4.78 is 6.39. The first-order valence-corrected chi connectivity index (χ1v) is 9.15. The lowest BCUT2D eigenvalue weighted by molar-refractivity contribution is -0.118. The monoisotopic (exact) mass is 393 g/mol. The Balaban J connectivity index is 1.76. The van der Waals surface area contributed by atoms with Gasteiger partial charge in [0.1, 0.15) is 5.75 Å². The Morgan fingerprint density at radius 2 is 1.96 bits per heavy atom. The maximum Gasteiger partial charge on any atom is 0.230 e. The van der Waals surface area contributed by atoms with Gasteiger partial charge in [-0.2, -0.15) is 0 Å². The normalized spacial score (nSPS) is 10.4. The molecule has 0 unspecified atom stereocenters. The molecule has 0 aliphatic rings. The highest BCUT2D eigenvalue weighted by molar-refractivity contribution is 9.10. The van der Waals surface area contributed by atoms with Crippen molar-refractivity contribution in [3.63, 3.8) is 0 Å². The smallest absolute Gasteiger partial charge is 0.230 e. The number of hydrogen-bond acceptors (Lipinski definition) is 3. The molecule has 2 aromatic carbocycles. The van der Waals surface area contributed by atoms with E-state index in [0.29, 0.717) is 12.3 Å². The van der Waals surface area contributed by atoms with Crippen molar-refractivity contribution in [1.82, 2.24) is 5.32 Å². The van der Waals surface area contributed by atoms with Crippen molar-refractivity contribution in [2.45, 2.75) is 18.2 Å². The van der Waals surface area contributed by atoms with Gasteiger partial charge in [-0.3, -0.25) is 4.79 Å². The summed E-state index contributed by atoms with van der Waals surface area (Å²) in [5.41, 5.74) is 2.31. The molecule has 0 fully saturated rings.